The maximum absolute atomic E-state index is 15.0. The van der Waals surface area contributed by atoms with E-state index in [1.165, 1.54) is 12.1 Å². The van der Waals surface area contributed by atoms with Crippen LogP contribution in [0.2, 0.25) is 0 Å². The number of aliphatic hydroxyl groups is 1. The van der Waals surface area contributed by atoms with Crippen LogP contribution in [0.4, 0.5) is 43.4 Å². The number of aliphatic hydroxyl groups excluding tert-OH is 1. The van der Waals surface area contributed by atoms with Crippen LogP contribution in [0.5, 0.6) is 0 Å². The van der Waals surface area contributed by atoms with Crippen LogP contribution < -0.4 is 26.5 Å². The lowest BCUT2D eigenvalue weighted by atomic mass is 9.79. The molecule has 13 rings (SSSR count). The monoisotopic (exact) mass is 882 g/mol. The predicted molar refractivity (Wildman–Crippen MR) is 242 cm³/mol. The van der Waals surface area contributed by atoms with Gasteiger partial charge in [-0.05, 0) is 83.3 Å². The Morgan fingerprint density at radius 2 is 1.05 bits per heavy atom. The van der Waals surface area contributed by atoms with Gasteiger partial charge in [0.15, 0.2) is 11.3 Å². The highest BCUT2D eigenvalue weighted by molar-refractivity contribution is 6.52. The Bertz CT molecular complexity index is 3800. The lowest BCUT2D eigenvalue weighted by Gasteiger charge is -2.42. The zero-order valence-corrected chi connectivity index (χ0v) is 34.8. The van der Waals surface area contributed by atoms with Gasteiger partial charge in [-0.1, -0.05) is 108 Å². The zero-order valence-electron chi connectivity index (χ0n) is 34.8. The summed E-state index contributed by atoms with van der Waals surface area (Å²) in [6, 6.07) is 37.0. The van der Waals surface area contributed by atoms with Crippen molar-refractivity contribution in [3.05, 3.63) is 200 Å². The number of ketones is 1. The molecule has 2 unspecified atom stereocenters. The summed E-state index contributed by atoms with van der Waals surface area (Å²) in [5.41, 5.74) is 3.77. The maximum Gasteiger partial charge on any atom is 0.416 e. The van der Waals surface area contributed by atoms with Crippen molar-refractivity contribution < 1.29 is 36.2 Å². The van der Waals surface area contributed by atoms with Gasteiger partial charge in [0.05, 0.1) is 33.3 Å². The first-order valence-electron chi connectivity index (χ1n) is 21.3. The first kappa shape index (κ1) is 38.6. The minimum atomic E-state index is -4.64. The standard InChI is InChI=1S/C54H32F6N4O2/c1-25-9-15-31-33-19-13-29(53(55,56)57)23-39(33)51(37(31)21-25)61-41-7-3-5-27-11-17-35(47(63-51)43(27)41)45-49(65)46(50(45)66)36-18-12-28-6-4-8-42-44(28)48(36)64-52(62-42)38-22-26(2)10-16-32(38)34-20-14-30(24-40(34)52)54(58,59)60/h3-24,61-63,65H,1-2H3. The Hall–Kier alpha value is -7.86. The van der Waals surface area contributed by atoms with Crippen LogP contribution in [0.25, 0.3) is 54.9 Å². The van der Waals surface area contributed by atoms with Gasteiger partial charge in [0.25, 0.3) is 0 Å². The number of benzene rings is 8. The van der Waals surface area contributed by atoms with Crippen LogP contribution in [-0.4, -0.2) is 10.9 Å². The molecule has 8 aromatic carbocycles. The van der Waals surface area contributed by atoms with Crippen molar-refractivity contribution in [3.8, 4) is 22.3 Å². The van der Waals surface area contributed by atoms with Crippen molar-refractivity contribution in [2.45, 2.75) is 37.5 Å². The molecule has 8 aromatic rings. The molecule has 2 heterocycles. The number of allylic oxidation sites excluding steroid dienone is 2. The number of nitrogens with one attached hydrogen (secondary N) is 3. The van der Waals surface area contributed by atoms with E-state index in [1.807, 2.05) is 98.8 Å². The molecule has 2 aliphatic heterocycles. The van der Waals surface area contributed by atoms with Gasteiger partial charge in [-0.15, -0.1) is 0 Å². The van der Waals surface area contributed by atoms with Crippen molar-refractivity contribution >= 4 is 55.5 Å². The molecule has 0 amide bonds. The van der Waals surface area contributed by atoms with Crippen LogP contribution in [-0.2, 0) is 28.5 Å². The number of aryl methyl sites for hydroxylation is 2. The summed E-state index contributed by atoms with van der Waals surface area (Å²) in [6.07, 6.45) is -9.26. The number of alkyl halides is 6. The average molecular weight is 883 g/mol. The Labute approximate surface area is 371 Å². The predicted octanol–water partition coefficient (Wildman–Crippen LogP) is 12.0. The van der Waals surface area contributed by atoms with Crippen LogP contribution in [0.15, 0.2) is 144 Å². The second-order valence-electron chi connectivity index (χ2n) is 17.7. The average Bonchev–Trinajstić information content (AvgIpc) is 3.68. The summed E-state index contributed by atoms with van der Waals surface area (Å²) >= 11 is 0. The summed E-state index contributed by atoms with van der Waals surface area (Å²) in [6.45, 7) is 3.81. The molecule has 0 saturated carbocycles. The number of hydrogen-bond donors (Lipinski definition) is 4. The van der Waals surface area contributed by atoms with Gasteiger partial charge in [0, 0.05) is 55.2 Å². The summed E-state index contributed by atoms with van der Waals surface area (Å²) in [5.74, 6) is -0.821. The fourth-order valence-electron chi connectivity index (χ4n) is 11.0. The normalized spacial score (nSPS) is 20.3. The minimum absolute atomic E-state index is 0.000729. The highest BCUT2D eigenvalue weighted by Gasteiger charge is 2.50. The number of carbonyl (C=O) groups excluding carboxylic acids is 1. The van der Waals surface area contributed by atoms with E-state index in [-0.39, 0.29) is 16.9 Å². The molecule has 0 aromatic heterocycles. The molecule has 6 nitrogen and oxygen atoms in total. The van der Waals surface area contributed by atoms with Gasteiger partial charge in [-0.25, -0.2) is 4.99 Å². The highest BCUT2D eigenvalue weighted by Crippen LogP contribution is 2.57. The third-order valence-electron chi connectivity index (χ3n) is 14.0. The lowest BCUT2D eigenvalue weighted by Crippen LogP contribution is -2.46. The van der Waals surface area contributed by atoms with Crippen LogP contribution in [0.3, 0.4) is 0 Å². The Morgan fingerprint density at radius 3 is 1.68 bits per heavy atom. The SMILES string of the molecule is Cc1ccc2c(c1)C1(N=c3c(=C4C(=O)C(c5ccc6cccc7c6c5NC5(N7)c6cc(C)ccc6-c6ccc(C(F)(F)F)cc65)=C4O)ccc4cccc(c34)N1)c1cc(C(F)(F)F)ccc1-2. The van der Waals surface area contributed by atoms with Crippen molar-refractivity contribution in [1.82, 2.24) is 0 Å². The Morgan fingerprint density at radius 1 is 0.530 bits per heavy atom. The van der Waals surface area contributed by atoms with Crippen LogP contribution in [0, 0.1) is 13.8 Å². The van der Waals surface area contributed by atoms with Crippen molar-refractivity contribution in [2.75, 3.05) is 16.0 Å². The van der Waals surface area contributed by atoms with Gasteiger partial charge in [0.1, 0.15) is 5.76 Å². The summed E-state index contributed by atoms with van der Waals surface area (Å²) < 4.78 is 86.4. The minimum Gasteiger partial charge on any atom is -0.506 e. The quantitative estimate of drug-likeness (QED) is 0.123. The number of hydrogen-bond acceptors (Lipinski definition) is 6. The molecule has 0 saturated heterocycles. The number of Topliss-reactive ketones (excluding diaryl/α,β-unsaturated/α-hetero) is 1. The molecule has 3 aliphatic carbocycles. The number of rotatable bonds is 1. The molecule has 0 radical (unpaired) electrons. The molecule has 4 N–H and O–H groups in total. The van der Waals surface area contributed by atoms with E-state index >= 15 is 4.79 Å². The maximum atomic E-state index is 15.0. The second-order valence-corrected chi connectivity index (χ2v) is 17.7. The number of carbonyl (C=O) groups is 1. The van der Waals surface area contributed by atoms with E-state index in [0.717, 1.165) is 51.7 Å². The van der Waals surface area contributed by atoms with Gasteiger partial charge in [0.2, 0.25) is 5.78 Å². The molecule has 322 valence electrons. The topological polar surface area (TPSA) is 85.8 Å². The van der Waals surface area contributed by atoms with Crippen LogP contribution in [0.1, 0.15) is 50.1 Å². The first-order chi connectivity index (χ1) is 31.6. The van der Waals surface area contributed by atoms with E-state index < -0.39 is 40.6 Å². The largest absolute Gasteiger partial charge is 0.506 e. The van der Waals surface area contributed by atoms with E-state index in [9.17, 15) is 31.4 Å². The van der Waals surface area contributed by atoms with Gasteiger partial charge >= 0.3 is 12.4 Å². The van der Waals surface area contributed by atoms with Gasteiger partial charge < -0.3 is 21.1 Å². The summed E-state index contributed by atoms with van der Waals surface area (Å²) in [5, 5.41) is 26.5. The highest BCUT2D eigenvalue weighted by atomic mass is 19.4. The number of halogens is 6. The Balaban J connectivity index is 1.05. The molecule has 66 heavy (non-hydrogen) atoms. The van der Waals surface area contributed by atoms with E-state index in [0.29, 0.717) is 82.9 Å². The molecular formula is C54H32F6N4O2. The summed E-state index contributed by atoms with van der Waals surface area (Å²) in [4.78, 5) is 20.3. The third-order valence-corrected chi connectivity index (χ3v) is 14.0. The second kappa shape index (κ2) is 12.5. The molecule has 0 fully saturated rings. The zero-order chi connectivity index (χ0) is 45.4. The molecule has 0 bridgehead atoms. The lowest BCUT2D eigenvalue weighted by molar-refractivity contribution is -0.138. The van der Waals surface area contributed by atoms with Crippen molar-refractivity contribution in [2.24, 2.45) is 4.99 Å². The number of fused-ring (bicyclic) bond motifs is 10. The smallest absolute Gasteiger partial charge is 0.416 e. The van der Waals surface area contributed by atoms with Crippen molar-refractivity contribution in [3.63, 3.8) is 0 Å². The number of nitrogens with zero attached hydrogens (tertiary/aromatic N) is 1. The molecule has 12 heteroatoms. The van der Waals surface area contributed by atoms with E-state index in [1.54, 1.807) is 12.1 Å². The van der Waals surface area contributed by atoms with E-state index in [4.69, 9.17) is 4.99 Å². The fraction of sp³-hybridized carbons (Fsp3) is 0.111. The Kier molecular flexibility index (Phi) is 7.29. The van der Waals surface area contributed by atoms with Crippen LogP contribution >= 0.6 is 0 Å². The number of anilines is 3. The third kappa shape index (κ3) is 4.93. The molecule has 2 spiro atoms. The summed E-state index contributed by atoms with van der Waals surface area (Å²) in [7, 11) is 0. The van der Waals surface area contributed by atoms with Crippen molar-refractivity contribution in [1.29, 1.82) is 0 Å². The molecule has 2 atom stereocenters. The van der Waals surface area contributed by atoms with Gasteiger partial charge in [-0.3, -0.25) is 4.79 Å². The molecular weight excluding hydrogens is 851 g/mol. The van der Waals surface area contributed by atoms with E-state index in [2.05, 4.69) is 16.0 Å². The first-order valence-corrected chi connectivity index (χ1v) is 21.3. The fourth-order valence-corrected chi connectivity index (χ4v) is 11.0. The molecule has 5 aliphatic rings. The van der Waals surface area contributed by atoms with Gasteiger partial charge in [-0.2, -0.15) is 26.3 Å².